The zero-order valence-electron chi connectivity index (χ0n) is 16.1. The van der Waals surface area contributed by atoms with Gasteiger partial charge in [-0.25, -0.2) is 9.97 Å². The van der Waals surface area contributed by atoms with Gasteiger partial charge in [-0.3, -0.25) is 4.79 Å². The second-order valence-corrected chi connectivity index (χ2v) is 7.53. The predicted molar refractivity (Wildman–Crippen MR) is 105 cm³/mol. The molecular weight excluding hydrogens is 397 g/mol. The number of imidazole rings is 1. The lowest BCUT2D eigenvalue weighted by molar-refractivity contribution is -0.137. The van der Waals surface area contributed by atoms with Crippen molar-refractivity contribution in [3.05, 3.63) is 48.4 Å². The Bertz CT molecular complexity index is 1060. The van der Waals surface area contributed by atoms with Gasteiger partial charge in [-0.15, -0.1) is 0 Å². The maximum atomic E-state index is 13.0. The summed E-state index contributed by atoms with van der Waals surface area (Å²) in [5, 5.41) is 13.2. The summed E-state index contributed by atoms with van der Waals surface area (Å²) >= 11 is 0. The molecule has 0 radical (unpaired) electrons. The molecule has 0 unspecified atom stereocenters. The highest BCUT2D eigenvalue weighted by atomic mass is 19.4. The molecule has 1 aliphatic heterocycles. The number of benzene rings is 1. The smallest absolute Gasteiger partial charge is 0.391 e. The van der Waals surface area contributed by atoms with Crippen molar-refractivity contribution in [2.75, 3.05) is 6.54 Å². The van der Waals surface area contributed by atoms with Crippen molar-refractivity contribution in [1.82, 2.24) is 19.9 Å². The third-order valence-electron chi connectivity index (χ3n) is 5.32. The molecule has 30 heavy (non-hydrogen) atoms. The number of nitrogens with one attached hydrogen (secondary N) is 1. The van der Waals surface area contributed by atoms with Gasteiger partial charge in [0.05, 0.1) is 24.5 Å². The first-order chi connectivity index (χ1) is 14.3. The van der Waals surface area contributed by atoms with Crippen molar-refractivity contribution in [2.24, 2.45) is 0 Å². The third kappa shape index (κ3) is 4.36. The fourth-order valence-corrected chi connectivity index (χ4v) is 3.74. The van der Waals surface area contributed by atoms with E-state index in [1.807, 2.05) is 0 Å². The number of ketones is 1. The summed E-state index contributed by atoms with van der Waals surface area (Å²) in [6.07, 6.45) is -0.201. The number of aliphatic hydroxyl groups is 1. The molecular formula is C21H21F3N4O2. The molecule has 1 fully saturated rings. The van der Waals surface area contributed by atoms with Crippen molar-refractivity contribution < 1.29 is 23.1 Å². The zero-order valence-corrected chi connectivity index (χ0v) is 16.1. The van der Waals surface area contributed by atoms with E-state index in [1.54, 1.807) is 16.7 Å². The Balaban J connectivity index is 1.52. The number of pyridine rings is 1. The number of aromatic nitrogens is 3. The van der Waals surface area contributed by atoms with Gasteiger partial charge in [0, 0.05) is 24.2 Å². The van der Waals surface area contributed by atoms with Crippen LogP contribution in [0.3, 0.4) is 0 Å². The molecule has 0 saturated carbocycles. The van der Waals surface area contributed by atoms with Gasteiger partial charge in [0.25, 0.3) is 0 Å². The zero-order chi connectivity index (χ0) is 21.3. The summed E-state index contributed by atoms with van der Waals surface area (Å²) in [4.78, 5) is 21.0. The van der Waals surface area contributed by atoms with Gasteiger partial charge in [-0.2, -0.15) is 13.2 Å². The number of rotatable bonds is 5. The van der Waals surface area contributed by atoms with Crippen LogP contribution in [0.2, 0.25) is 0 Å². The van der Waals surface area contributed by atoms with E-state index in [2.05, 4.69) is 15.3 Å². The number of carbonyl (C=O) groups is 1. The van der Waals surface area contributed by atoms with Gasteiger partial charge in [0.2, 0.25) is 0 Å². The molecule has 9 heteroatoms. The molecule has 2 atom stereocenters. The third-order valence-corrected chi connectivity index (χ3v) is 5.32. The average molecular weight is 418 g/mol. The highest BCUT2D eigenvalue weighted by Gasteiger charge is 2.30. The maximum Gasteiger partial charge on any atom is 0.416 e. The van der Waals surface area contributed by atoms with Gasteiger partial charge in [0.1, 0.15) is 5.52 Å². The molecule has 0 aliphatic carbocycles. The Hall–Kier alpha value is -2.78. The van der Waals surface area contributed by atoms with Crippen molar-refractivity contribution in [3.8, 4) is 11.1 Å². The molecule has 1 saturated heterocycles. The molecule has 2 N–H and O–H groups in total. The summed E-state index contributed by atoms with van der Waals surface area (Å²) in [7, 11) is 0. The lowest BCUT2D eigenvalue weighted by Crippen LogP contribution is -2.46. The number of Topliss-reactive ketones (excluding diaryl/α,β-unsaturated/α-hetero) is 1. The van der Waals surface area contributed by atoms with E-state index >= 15 is 0 Å². The van der Waals surface area contributed by atoms with E-state index in [-0.39, 0.29) is 24.8 Å². The van der Waals surface area contributed by atoms with Crippen LogP contribution in [0.25, 0.3) is 22.3 Å². The standard InChI is InChI=1S/C21H21F3N4O2/c22-21(23,24)15-4-1-3-13(7-15)14-8-18-20(26-10-14)28(12-27-18)11-16(29)9-17-19(30)5-2-6-25-17/h1,3-4,7-8,10,12,17,19,25,30H,2,5-6,9,11H2/t17-,19+/m1/s1. The Labute approximate surface area is 170 Å². The van der Waals surface area contributed by atoms with Crippen LogP contribution in [0.5, 0.6) is 0 Å². The van der Waals surface area contributed by atoms with Gasteiger partial charge in [-0.1, -0.05) is 12.1 Å². The second-order valence-electron chi connectivity index (χ2n) is 7.53. The Morgan fingerprint density at radius 3 is 2.83 bits per heavy atom. The van der Waals surface area contributed by atoms with E-state index < -0.39 is 17.8 Å². The number of aliphatic hydroxyl groups excluding tert-OH is 1. The molecule has 3 heterocycles. The topological polar surface area (TPSA) is 80.0 Å². The maximum absolute atomic E-state index is 13.0. The van der Waals surface area contributed by atoms with Crippen LogP contribution < -0.4 is 5.32 Å². The lowest BCUT2D eigenvalue weighted by atomic mass is 9.97. The summed E-state index contributed by atoms with van der Waals surface area (Å²) in [6, 6.07) is 6.45. The van der Waals surface area contributed by atoms with Crippen LogP contribution in [0.1, 0.15) is 24.8 Å². The number of hydrogen-bond donors (Lipinski definition) is 2. The average Bonchev–Trinajstić information content (AvgIpc) is 3.11. The Kier molecular flexibility index (Phi) is 5.57. The highest BCUT2D eigenvalue weighted by Crippen LogP contribution is 2.32. The van der Waals surface area contributed by atoms with Crippen molar-refractivity contribution in [2.45, 2.75) is 44.1 Å². The van der Waals surface area contributed by atoms with Crippen LogP contribution in [0.4, 0.5) is 13.2 Å². The van der Waals surface area contributed by atoms with Crippen molar-refractivity contribution in [3.63, 3.8) is 0 Å². The normalized spacial score (nSPS) is 19.9. The fraction of sp³-hybridized carbons (Fsp3) is 0.381. The van der Waals surface area contributed by atoms with Crippen molar-refractivity contribution in [1.29, 1.82) is 0 Å². The quantitative estimate of drug-likeness (QED) is 0.665. The summed E-state index contributed by atoms with van der Waals surface area (Å²) in [6.45, 7) is 0.847. The number of fused-ring (bicyclic) bond motifs is 1. The van der Waals surface area contributed by atoms with E-state index in [0.717, 1.165) is 25.1 Å². The minimum Gasteiger partial charge on any atom is -0.391 e. The van der Waals surface area contributed by atoms with Crippen LogP contribution >= 0.6 is 0 Å². The van der Waals surface area contributed by atoms with Crippen LogP contribution in [-0.2, 0) is 17.5 Å². The van der Waals surface area contributed by atoms with Crippen molar-refractivity contribution >= 4 is 16.9 Å². The van der Waals surface area contributed by atoms with E-state index in [9.17, 15) is 23.1 Å². The number of piperidine rings is 1. The molecule has 0 bridgehead atoms. The van der Waals surface area contributed by atoms with Crippen LogP contribution in [-0.4, -0.2) is 44.1 Å². The molecule has 3 aromatic rings. The first kappa shape index (κ1) is 20.5. The SMILES string of the molecule is O=C(C[C@H]1NCCC[C@@H]1O)Cn1cnc2cc(-c3cccc(C(F)(F)F)c3)cnc21. The molecule has 158 valence electrons. The largest absolute Gasteiger partial charge is 0.416 e. The number of alkyl halides is 3. The summed E-state index contributed by atoms with van der Waals surface area (Å²) in [5.41, 5.74) is 1.15. The molecule has 1 aromatic carbocycles. The minimum atomic E-state index is -4.42. The number of hydrogen-bond acceptors (Lipinski definition) is 5. The minimum absolute atomic E-state index is 0.0588. The number of halogens is 3. The van der Waals surface area contributed by atoms with Crippen LogP contribution in [0.15, 0.2) is 42.9 Å². The van der Waals surface area contributed by atoms with Gasteiger partial charge in [-0.05, 0) is 43.1 Å². The predicted octanol–water partition coefficient (Wildman–Crippen LogP) is 3.19. The lowest BCUT2D eigenvalue weighted by Gasteiger charge is -2.28. The molecule has 1 aliphatic rings. The van der Waals surface area contributed by atoms with E-state index in [0.29, 0.717) is 28.7 Å². The van der Waals surface area contributed by atoms with E-state index in [1.165, 1.54) is 18.6 Å². The van der Waals surface area contributed by atoms with Gasteiger partial charge in [0.15, 0.2) is 11.4 Å². The molecule has 0 spiro atoms. The van der Waals surface area contributed by atoms with Gasteiger partial charge >= 0.3 is 6.18 Å². The van der Waals surface area contributed by atoms with Crippen LogP contribution in [0, 0.1) is 0 Å². The molecule has 0 amide bonds. The molecule has 4 rings (SSSR count). The number of carbonyl (C=O) groups excluding carboxylic acids is 1. The summed E-state index contributed by atoms with van der Waals surface area (Å²) in [5.74, 6) is -0.0588. The molecule has 6 nitrogen and oxygen atoms in total. The summed E-state index contributed by atoms with van der Waals surface area (Å²) < 4.78 is 40.5. The molecule has 2 aromatic heterocycles. The van der Waals surface area contributed by atoms with Gasteiger partial charge < -0.3 is 15.0 Å². The first-order valence-electron chi connectivity index (χ1n) is 9.73. The highest BCUT2D eigenvalue weighted by molar-refractivity contribution is 5.82. The Morgan fingerprint density at radius 1 is 1.23 bits per heavy atom. The fourth-order valence-electron chi connectivity index (χ4n) is 3.74. The van der Waals surface area contributed by atoms with E-state index in [4.69, 9.17) is 0 Å². The monoisotopic (exact) mass is 418 g/mol. The Morgan fingerprint density at radius 2 is 2.07 bits per heavy atom. The first-order valence-corrected chi connectivity index (χ1v) is 9.73. The number of nitrogens with zero attached hydrogens (tertiary/aromatic N) is 3. The second kappa shape index (κ2) is 8.16.